The molecule has 0 radical (unpaired) electrons. The van der Waals surface area contributed by atoms with Crippen LogP contribution in [0, 0.1) is 5.95 Å². The number of carbonyl (C=O) groups excluding carboxylic acids is 1. The third kappa shape index (κ3) is 4.60. The van der Waals surface area contributed by atoms with Gasteiger partial charge in [0.15, 0.2) is 0 Å². The number of benzene rings is 2. The molecule has 3 heterocycles. The number of hydrogen-bond donors (Lipinski definition) is 1. The summed E-state index contributed by atoms with van der Waals surface area (Å²) < 4.78 is 30.2. The predicted molar refractivity (Wildman–Crippen MR) is 131 cm³/mol. The summed E-state index contributed by atoms with van der Waals surface area (Å²) in [6.45, 7) is 3.80. The second-order valence-corrected chi connectivity index (χ2v) is 8.73. The predicted octanol–water partition coefficient (Wildman–Crippen LogP) is 5.35. The highest BCUT2D eigenvalue weighted by Gasteiger charge is 2.30. The van der Waals surface area contributed by atoms with Crippen LogP contribution in [0.4, 0.5) is 21.5 Å². The molecular formula is C27H28FN3O4. The van der Waals surface area contributed by atoms with Crippen LogP contribution in [0.3, 0.4) is 0 Å². The zero-order valence-electron chi connectivity index (χ0n) is 19.8. The molecule has 0 saturated heterocycles. The average Bonchev–Trinajstić information content (AvgIpc) is 3.47. The summed E-state index contributed by atoms with van der Waals surface area (Å²) in [7, 11) is 1.40. The number of pyridine rings is 1. The van der Waals surface area contributed by atoms with Crippen LogP contribution in [0.15, 0.2) is 54.7 Å². The molecule has 0 saturated carbocycles. The number of hydrogen-bond acceptors (Lipinski definition) is 7. The average molecular weight is 478 g/mol. The maximum Gasteiger partial charge on any atom is 0.306 e. The Morgan fingerprint density at radius 3 is 2.83 bits per heavy atom. The molecule has 0 fully saturated rings. The van der Waals surface area contributed by atoms with E-state index in [1.54, 1.807) is 12.3 Å². The molecule has 1 aromatic heterocycles. The van der Waals surface area contributed by atoms with E-state index < -0.39 is 5.95 Å². The smallest absolute Gasteiger partial charge is 0.306 e. The topological polar surface area (TPSA) is 72.9 Å². The number of rotatable bonds is 8. The van der Waals surface area contributed by atoms with Gasteiger partial charge in [-0.25, -0.2) is 4.98 Å². The van der Waals surface area contributed by atoms with Crippen molar-refractivity contribution in [2.45, 2.75) is 31.7 Å². The summed E-state index contributed by atoms with van der Waals surface area (Å²) in [4.78, 5) is 17.6. The Hall–Kier alpha value is -3.81. The molecule has 0 bridgehead atoms. The van der Waals surface area contributed by atoms with Gasteiger partial charge in [-0.05, 0) is 30.7 Å². The molecule has 0 spiro atoms. The number of para-hydroxylation sites is 1. The van der Waals surface area contributed by atoms with Gasteiger partial charge in [0, 0.05) is 35.3 Å². The fourth-order valence-electron chi connectivity index (χ4n) is 4.72. The maximum atomic E-state index is 13.4. The third-order valence-corrected chi connectivity index (χ3v) is 6.43. The Morgan fingerprint density at radius 2 is 2.06 bits per heavy atom. The van der Waals surface area contributed by atoms with Crippen LogP contribution in [-0.4, -0.2) is 37.8 Å². The second-order valence-electron chi connectivity index (χ2n) is 8.73. The second kappa shape index (κ2) is 9.82. The number of halogens is 1. The largest absolute Gasteiger partial charge is 0.493 e. The van der Waals surface area contributed by atoms with E-state index in [1.165, 1.54) is 13.2 Å². The zero-order chi connectivity index (χ0) is 24.4. The lowest BCUT2D eigenvalue weighted by molar-refractivity contribution is -0.141. The molecule has 182 valence electrons. The summed E-state index contributed by atoms with van der Waals surface area (Å²) in [6.07, 6.45) is 2.77. The number of fused-ring (bicyclic) bond motifs is 2. The molecule has 2 aromatic carbocycles. The fourth-order valence-corrected chi connectivity index (χ4v) is 4.72. The molecule has 2 aliphatic rings. The van der Waals surface area contributed by atoms with Crippen molar-refractivity contribution in [1.29, 1.82) is 0 Å². The van der Waals surface area contributed by atoms with Gasteiger partial charge in [-0.3, -0.25) is 4.79 Å². The summed E-state index contributed by atoms with van der Waals surface area (Å²) in [6, 6.07) is 15.2. The van der Waals surface area contributed by atoms with E-state index in [0.29, 0.717) is 19.6 Å². The quantitative estimate of drug-likeness (QED) is 0.346. The van der Waals surface area contributed by atoms with Gasteiger partial charge >= 0.3 is 5.97 Å². The van der Waals surface area contributed by atoms with Crippen molar-refractivity contribution < 1.29 is 23.4 Å². The Kier molecular flexibility index (Phi) is 6.44. The zero-order valence-corrected chi connectivity index (χ0v) is 19.8. The summed E-state index contributed by atoms with van der Waals surface area (Å²) in [5.41, 5.74) is 4.75. The van der Waals surface area contributed by atoms with E-state index in [1.807, 2.05) is 30.3 Å². The van der Waals surface area contributed by atoms with Crippen molar-refractivity contribution in [2.75, 3.05) is 37.1 Å². The molecule has 8 heteroatoms. The van der Waals surface area contributed by atoms with Gasteiger partial charge in [0.25, 0.3) is 0 Å². The number of methoxy groups -OCH3 is 1. The first-order valence-electron chi connectivity index (χ1n) is 11.8. The molecular weight excluding hydrogens is 449 g/mol. The first kappa shape index (κ1) is 23.0. The van der Waals surface area contributed by atoms with Crippen LogP contribution in [0.1, 0.15) is 42.9 Å². The van der Waals surface area contributed by atoms with E-state index in [2.05, 4.69) is 28.2 Å². The monoisotopic (exact) mass is 477 g/mol. The van der Waals surface area contributed by atoms with E-state index in [-0.39, 0.29) is 17.9 Å². The number of nitrogens with one attached hydrogen (secondary N) is 1. The van der Waals surface area contributed by atoms with Gasteiger partial charge in [-0.15, -0.1) is 0 Å². The Labute approximate surface area is 203 Å². The van der Waals surface area contributed by atoms with Crippen molar-refractivity contribution >= 4 is 23.0 Å². The highest BCUT2D eigenvalue weighted by Crippen LogP contribution is 2.45. The van der Waals surface area contributed by atoms with Crippen LogP contribution in [0.25, 0.3) is 0 Å². The highest BCUT2D eigenvalue weighted by molar-refractivity contribution is 5.73. The molecule has 3 aromatic rings. The summed E-state index contributed by atoms with van der Waals surface area (Å²) in [5, 5.41) is 3.56. The van der Waals surface area contributed by atoms with Gasteiger partial charge < -0.3 is 24.4 Å². The number of aromatic nitrogens is 1. The molecule has 2 aliphatic heterocycles. The molecule has 35 heavy (non-hydrogen) atoms. The van der Waals surface area contributed by atoms with Crippen molar-refractivity contribution in [1.82, 2.24) is 4.98 Å². The standard InChI is InChI=1S/C27H28FN3O4/c1-3-11-31(19-8-10-25(28)29-14-19)23-6-4-5-21-22(16-35-27(21)23)30-18-7-9-20-17(12-26(32)33-2)15-34-24(20)13-18/h4-10,13-14,17,22,30H,3,11-12,15-16H2,1-2H3/t17-,22-/m1/s1. The SMILES string of the molecule is CCCN(c1ccc(F)nc1)c1cccc2c1OC[C@H]2Nc1ccc2c(c1)OC[C@H]2CC(=O)OC. The first-order chi connectivity index (χ1) is 17.1. The molecule has 5 rings (SSSR count). The van der Waals surface area contributed by atoms with Crippen LogP contribution in [0.5, 0.6) is 11.5 Å². The Bertz CT molecular complexity index is 1220. The van der Waals surface area contributed by atoms with Crippen LogP contribution in [-0.2, 0) is 9.53 Å². The number of carbonyl (C=O) groups is 1. The van der Waals surface area contributed by atoms with Crippen molar-refractivity contribution in [2.24, 2.45) is 0 Å². The van der Waals surface area contributed by atoms with Crippen molar-refractivity contribution in [3.63, 3.8) is 0 Å². The maximum absolute atomic E-state index is 13.4. The van der Waals surface area contributed by atoms with Crippen LogP contribution >= 0.6 is 0 Å². The van der Waals surface area contributed by atoms with E-state index in [0.717, 1.165) is 52.7 Å². The molecule has 0 aliphatic carbocycles. The van der Waals surface area contributed by atoms with Gasteiger partial charge in [0.1, 0.15) is 18.1 Å². The van der Waals surface area contributed by atoms with E-state index in [9.17, 15) is 9.18 Å². The molecule has 0 amide bonds. The van der Waals surface area contributed by atoms with Gasteiger partial charge in [0.05, 0.1) is 43.8 Å². The van der Waals surface area contributed by atoms with E-state index in [4.69, 9.17) is 14.2 Å². The lowest BCUT2D eigenvalue weighted by Crippen LogP contribution is -2.18. The summed E-state index contributed by atoms with van der Waals surface area (Å²) in [5.74, 6) is 0.875. The van der Waals surface area contributed by atoms with Crippen LogP contribution in [0.2, 0.25) is 0 Å². The number of anilines is 3. The molecule has 7 nitrogen and oxygen atoms in total. The molecule has 1 N–H and O–H groups in total. The van der Waals surface area contributed by atoms with Crippen molar-refractivity contribution in [3.05, 3.63) is 71.8 Å². The highest BCUT2D eigenvalue weighted by atomic mass is 19.1. The lowest BCUT2D eigenvalue weighted by atomic mass is 9.97. The number of esters is 1. The van der Waals surface area contributed by atoms with Crippen LogP contribution < -0.4 is 19.7 Å². The number of nitrogens with zero attached hydrogens (tertiary/aromatic N) is 2. The van der Waals surface area contributed by atoms with Gasteiger partial charge in [0.2, 0.25) is 5.95 Å². The molecule has 2 atom stereocenters. The first-order valence-corrected chi connectivity index (χ1v) is 11.8. The van der Waals surface area contributed by atoms with Crippen molar-refractivity contribution in [3.8, 4) is 11.5 Å². The molecule has 0 unspecified atom stereocenters. The third-order valence-electron chi connectivity index (χ3n) is 6.43. The lowest BCUT2D eigenvalue weighted by Gasteiger charge is -2.26. The van der Waals surface area contributed by atoms with Gasteiger partial charge in [-0.1, -0.05) is 25.1 Å². The fraction of sp³-hybridized carbons (Fsp3) is 0.333. The number of ether oxygens (including phenoxy) is 3. The van der Waals surface area contributed by atoms with Gasteiger partial charge in [-0.2, -0.15) is 4.39 Å². The summed E-state index contributed by atoms with van der Waals surface area (Å²) >= 11 is 0. The Morgan fingerprint density at radius 1 is 1.17 bits per heavy atom. The minimum Gasteiger partial charge on any atom is -0.493 e. The Balaban J connectivity index is 1.37. The normalized spacial score (nSPS) is 17.7. The minimum absolute atomic E-state index is 0.00935. The van der Waals surface area contributed by atoms with E-state index >= 15 is 0 Å². The minimum atomic E-state index is -0.501.